The number of hydrogen-bond donors (Lipinski definition) is 1. The van der Waals surface area contributed by atoms with Gasteiger partial charge >= 0.3 is 6.18 Å². The van der Waals surface area contributed by atoms with Crippen LogP contribution in [-0.4, -0.2) is 13.4 Å². The molecule has 0 bridgehead atoms. The van der Waals surface area contributed by atoms with Crippen LogP contribution in [0.1, 0.15) is 5.56 Å². The predicted octanol–water partition coefficient (Wildman–Crippen LogP) is 5.84. The first-order chi connectivity index (χ1) is 13.6. The van der Waals surface area contributed by atoms with Crippen LogP contribution in [0, 0.1) is 5.82 Å². The van der Waals surface area contributed by atoms with Gasteiger partial charge in [-0.1, -0.05) is 35.5 Å². The summed E-state index contributed by atoms with van der Waals surface area (Å²) in [5, 5.41) is -0.144. The normalized spacial score (nSPS) is 12.0. The number of aromatic nitrogens is 1. The number of pyridine rings is 1. The van der Waals surface area contributed by atoms with Crippen LogP contribution < -0.4 is 4.72 Å². The molecule has 0 spiro atoms. The van der Waals surface area contributed by atoms with Crippen molar-refractivity contribution in [1.82, 2.24) is 4.98 Å². The Morgan fingerprint density at radius 3 is 2.31 bits per heavy atom. The molecule has 4 nitrogen and oxygen atoms in total. The number of sulfonamides is 1. The smallest absolute Gasteiger partial charge is 0.278 e. The molecule has 1 N–H and O–H groups in total. The number of hydrogen-bond acceptors (Lipinski definition) is 4. The SMILES string of the molecule is O=S(=O)(Nc1ccccc1Sc1ncc(C(F)(F)F)cc1Cl)c1ccc(F)cc1. The lowest BCUT2D eigenvalue weighted by Crippen LogP contribution is -2.13. The molecule has 0 amide bonds. The van der Waals surface area contributed by atoms with E-state index in [0.29, 0.717) is 11.1 Å². The lowest BCUT2D eigenvalue weighted by Gasteiger charge is -2.13. The number of nitrogens with one attached hydrogen (secondary N) is 1. The van der Waals surface area contributed by atoms with Crippen LogP contribution in [0.3, 0.4) is 0 Å². The highest BCUT2D eigenvalue weighted by Crippen LogP contribution is 2.39. The van der Waals surface area contributed by atoms with E-state index in [1.165, 1.54) is 6.07 Å². The first-order valence-electron chi connectivity index (χ1n) is 7.84. The van der Waals surface area contributed by atoms with E-state index in [1.54, 1.807) is 18.2 Å². The Bertz CT molecular complexity index is 1140. The van der Waals surface area contributed by atoms with Gasteiger partial charge in [0.15, 0.2) is 0 Å². The highest BCUT2D eigenvalue weighted by molar-refractivity contribution is 7.99. The number of benzene rings is 2. The molecule has 0 saturated carbocycles. The van der Waals surface area contributed by atoms with Crippen molar-refractivity contribution in [2.24, 2.45) is 0 Å². The molecule has 0 aliphatic heterocycles. The lowest BCUT2D eigenvalue weighted by atomic mass is 10.3. The zero-order chi connectivity index (χ0) is 21.2. The van der Waals surface area contributed by atoms with Gasteiger partial charge in [-0.25, -0.2) is 17.8 Å². The number of para-hydroxylation sites is 1. The first-order valence-corrected chi connectivity index (χ1v) is 10.5. The Morgan fingerprint density at radius 2 is 1.69 bits per heavy atom. The number of halogens is 5. The van der Waals surface area contributed by atoms with Gasteiger partial charge in [-0.3, -0.25) is 4.72 Å². The maximum Gasteiger partial charge on any atom is 0.417 e. The maximum atomic E-state index is 13.0. The van der Waals surface area contributed by atoms with Gasteiger partial charge in [0.2, 0.25) is 0 Å². The van der Waals surface area contributed by atoms with Crippen molar-refractivity contribution in [3.63, 3.8) is 0 Å². The third-order valence-electron chi connectivity index (χ3n) is 3.60. The van der Waals surface area contributed by atoms with E-state index < -0.39 is 27.6 Å². The van der Waals surface area contributed by atoms with E-state index in [4.69, 9.17) is 11.6 Å². The van der Waals surface area contributed by atoms with E-state index in [9.17, 15) is 26.0 Å². The Labute approximate surface area is 173 Å². The summed E-state index contributed by atoms with van der Waals surface area (Å²) < 4.78 is 78.7. The summed E-state index contributed by atoms with van der Waals surface area (Å²) in [5.74, 6) is -0.581. The summed E-state index contributed by atoms with van der Waals surface area (Å²) in [7, 11) is -4.01. The van der Waals surface area contributed by atoms with Crippen LogP contribution in [0.2, 0.25) is 5.02 Å². The lowest BCUT2D eigenvalue weighted by molar-refractivity contribution is -0.137. The Hall–Kier alpha value is -2.30. The highest BCUT2D eigenvalue weighted by Gasteiger charge is 2.31. The van der Waals surface area contributed by atoms with Gasteiger partial charge in [0, 0.05) is 11.1 Å². The quantitative estimate of drug-likeness (QED) is 0.483. The molecule has 0 saturated heterocycles. The van der Waals surface area contributed by atoms with Crippen LogP contribution in [0.4, 0.5) is 23.2 Å². The molecule has 11 heteroatoms. The Kier molecular flexibility index (Phi) is 6.06. The minimum atomic E-state index is -4.58. The Balaban J connectivity index is 1.89. The molecule has 29 heavy (non-hydrogen) atoms. The van der Waals surface area contributed by atoms with Gasteiger partial charge in [0.25, 0.3) is 10.0 Å². The fourth-order valence-corrected chi connectivity index (χ4v) is 4.49. The van der Waals surface area contributed by atoms with Crippen molar-refractivity contribution in [1.29, 1.82) is 0 Å². The average Bonchev–Trinajstić information content (AvgIpc) is 2.64. The molecule has 3 rings (SSSR count). The van der Waals surface area contributed by atoms with Crippen LogP contribution in [0.15, 0.2) is 75.6 Å². The van der Waals surface area contributed by atoms with Gasteiger partial charge in [0.1, 0.15) is 10.8 Å². The highest BCUT2D eigenvalue weighted by atomic mass is 35.5. The molecule has 0 atom stereocenters. The summed E-state index contributed by atoms with van der Waals surface area (Å²) in [6, 6.07) is 11.2. The fraction of sp³-hybridized carbons (Fsp3) is 0.0556. The van der Waals surface area contributed by atoms with Gasteiger partial charge in [-0.2, -0.15) is 13.2 Å². The van der Waals surface area contributed by atoms with Crippen LogP contribution in [0.5, 0.6) is 0 Å². The number of alkyl halides is 3. The molecule has 152 valence electrons. The summed E-state index contributed by atoms with van der Waals surface area (Å²) in [6.07, 6.45) is -3.93. The molecule has 1 heterocycles. The second-order valence-electron chi connectivity index (χ2n) is 5.67. The molecule has 1 aromatic heterocycles. The summed E-state index contributed by atoms with van der Waals surface area (Å²) in [5.41, 5.74) is -0.822. The summed E-state index contributed by atoms with van der Waals surface area (Å²) in [4.78, 5) is 3.96. The molecule has 3 aromatic rings. The molecule has 0 radical (unpaired) electrons. The fourth-order valence-electron chi connectivity index (χ4n) is 2.22. The van der Waals surface area contributed by atoms with Crippen molar-refractivity contribution in [2.45, 2.75) is 21.0 Å². The molecule has 0 fully saturated rings. The standard InChI is InChI=1S/C18H11ClF4N2O2S2/c19-14-9-11(18(21,22)23)10-24-17(14)28-16-4-2-1-3-15(16)25-29(26,27)13-7-5-12(20)6-8-13/h1-10,25H. The minimum Gasteiger partial charge on any atom is -0.278 e. The van der Waals surface area contributed by atoms with Crippen molar-refractivity contribution >= 4 is 39.1 Å². The van der Waals surface area contributed by atoms with E-state index >= 15 is 0 Å². The van der Waals surface area contributed by atoms with Gasteiger partial charge in [0.05, 0.1) is 21.2 Å². The molecular formula is C18H11ClF4N2O2S2. The largest absolute Gasteiger partial charge is 0.417 e. The van der Waals surface area contributed by atoms with Crippen molar-refractivity contribution in [3.05, 3.63) is 77.2 Å². The van der Waals surface area contributed by atoms with Gasteiger partial charge in [-0.05, 0) is 42.5 Å². The third kappa shape index (κ3) is 5.20. The van der Waals surface area contributed by atoms with Crippen LogP contribution in [0.25, 0.3) is 0 Å². The van der Waals surface area contributed by atoms with Gasteiger partial charge in [-0.15, -0.1) is 0 Å². The molecular weight excluding hydrogens is 452 g/mol. The van der Waals surface area contributed by atoms with Crippen molar-refractivity contribution < 1.29 is 26.0 Å². The van der Waals surface area contributed by atoms with Crippen molar-refractivity contribution in [3.8, 4) is 0 Å². The van der Waals surface area contributed by atoms with Crippen molar-refractivity contribution in [2.75, 3.05) is 4.72 Å². The zero-order valence-corrected chi connectivity index (χ0v) is 16.6. The number of rotatable bonds is 5. The Morgan fingerprint density at radius 1 is 1.03 bits per heavy atom. The van der Waals surface area contributed by atoms with Crippen LogP contribution in [-0.2, 0) is 16.2 Å². The second kappa shape index (κ2) is 8.21. The number of nitrogens with zero attached hydrogens (tertiary/aromatic N) is 1. The molecule has 0 unspecified atom stereocenters. The predicted molar refractivity (Wildman–Crippen MR) is 102 cm³/mol. The molecule has 0 aliphatic rings. The van der Waals surface area contributed by atoms with E-state index in [2.05, 4.69) is 9.71 Å². The first kappa shape index (κ1) is 21.4. The molecule has 2 aromatic carbocycles. The minimum absolute atomic E-state index is 0.0769. The van der Waals surface area contributed by atoms with E-state index in [1.807, 2.05) is 0 Å². The third-order valence-corrected chi connectivity index (χ3v) is 6.47. The monoisotopic (exact) mass is 462 g/mol. The zero-order valence-electron chi connectivity index (χ0n) is 14.2. The van der Waals surface area contributed by atoms with E-state index in [0.717, 1.165) is 42.1 Å². The van der Waals surface area contributed by atoms with Crippen LogP contribution >= 0.6 is 23.4 Å². The topological polar surface area (TPSA) is 59.1 Å². The summed E-state index contributed by atoms with van der Waals surface area (Å²) >= 11 is 6.83. The van der Waals surface area contributed by atoms with E-state index in [-0.39, 0.29) is 20.6 Å². The number of anilines is 1. The second-order valence-corrected chi connectivity index (χ2v) is 8.79. The molecule has 0 aliphatic carbocycles. The van der Waals surface area contributed by atoms with Gasteiger partial charge < -0.3 is 0 Å². The average molecular weight is 463 g/mol. The maximum absolute atomic E-state index is 13.0. The summed E-state index contributed by atoms with van der Waals surface area (Å²) in [6.45, 7) is 0.